The second-order valence-corrected chi connectivity index (χ2v) is 4.96. The number of likely N-dealkylation sites (N-methyl/N-ethyl adjacent to an activating group) is 1. The van der Waals surface area contributed by atoms with Crippen LogP contribution in [0.15, 0.2) is 29.3 Å². The number of nitrogens with zero attached hydrogens (tertiary/aromatic N) is 3. The molecule has 110 valence electrons. The normalized spacial score (nSPS) is 16.9. The third-order valence-electron chi connectivity index (χ3n) is 3.38. The lowest BCUT2D eigenvalue weighted by atomic mass is 10.2. The van der Waals surface area contributed by atoms with E-state index in [1.165, 1.54) is 5.69 Å². The highest BCUT2D eigenvalue weighted by atomic mass is 16.5. The van der Waals surface area contributed by atoms with Crippen molar-refractivity contribution in [2.45, 2.75) is 13.0 Å². The van der Waals surface area contributed by atoms with Gasteiger partial charge in [0.25, 0.3) is 0 Å². The van der Waals surface area contributed by atoms with Gasteiger partial charge in [0.1, 0.15) is 0 Å². The number of para-hydroxylation sites is 2. The molecule has 6 nitrogen and oxygen atoms in total. The van der Waals surface area contributed by atoms with Crippen LogP contribution in [0.5, 0.6) is 0 Å². The Hall–Kier alpha value is -1.79. The van der Waals surface area contributed by atoms with Gasteiger partial charge in [0, 0.05) is 27.2 Å². The fourth-order valence-electron chi connectivity index (χ4n) is 2.40. The van der Waals surface area contributed by atoms with Gasteiger partial charge in [-0.1, -0.05) is 12.1 Å². The quantitative estimate of drug-likeness (QED) is 0.370. The Morgan fingerprint density at radius 2 is 2.10 bits per heavy atom. The summed E-state index contributed by atoms with van der Waals surface area (Å²) >= 11 is 0. The first kappa shape index (κ1) is 14.6. The smallest absolute Gasteiger partial charge is 0.213 e. The molecule has 1 heterocycles. The van der Waals surface area contributed by atoms with E-state index in [0.29, 0.717) is 12.6 Å². The monoisotopic (exact) mass is 277 g/mol. The molecular weight excluding hydrogens is 254 g/mol. The van der Waals surface area contributed by atoms with Gasteiger partial charge in [-0.15, -0.1) is 0 Å². The fraction of sp³-hybridized carbons (Fsp3) is 0.500. The van der Waals surface area contributed by atoms with Crippen LogP contribution >= 0.6 is 0 Å². The van der Waals surface area contributed by atoms with Crippen molar-refractivity contribution < 1.29 is 4.74 Å². The maximum Gasteiger partial charge on any atom is 0.213 e. The summed E-state index contributed by atoms with van der Waals surface area (Å²) in [5.74, 6) is 6.34. The van der Waals surface area contributed by atoms with Crippen molar-refractivity contribution in [3.8, 4) is 0 Å². The Labute approximate surface area is 120 Å². The summed E-state index contributed by atoms with van der Waals surface area (Å²) in [6, 6.07) is 8.31. The van der Waals surface area contributed by atoms with E-state index in [0.717, 1.165) is 18.8 Å². The minimum atomic E-state index is 0.0536. The number of hydrogen-bond acceptors (Lipinski definition) is 4. The van der Waals surface area contributed by atoms with Crippen LogP contribution < -0.4 is 21.1 Å². The van der Waals surface area contributed by atoms with Crippen LogP contribution in [0.25, 0.3) is 0 Å². The Balaban J connectivity index is 2.30. The van der Waals surface area contributed by atoms with Gasteiger partial charge in [-0.05, 0) is 19.1 Å². The minimum Gasteiger partial charge on any atom is -0.382 e. The number of aliphatic imine (C=N–C) groups is 1. The van der Waals surface area contributed by atoms with Gasteiger partial charge >= 0.3 is 0 Å². The summed E-state index contributed by atoms with van der Waals surface area (Å²) in [6.45, 7) is 4.34. The molecule has 0 fully saturated rings. The van der Waals surface area contributed by atoms with Crippen LogP contribution in [0.2, 0.25) is 0 Å². The zero-order chi connectivity index (χ0) is 14.5. The number of anilines is 2. The van der Waals surface area contributed by atoms with E-state index in [2.05, 4.69) is 39.4 Å². The largest absolute Gasteiger partial charge is 0.382 e. The molecule has 0 aromatic heterocycles. The average Bonchev–Trinajstić information content (AvgIpc) is 2.46. The number of guanidine groups is 1. The number of nitrogens with two attached hydrogens (primary N) is 1. The van der Waals surface area contributed by atoms with E-state index in [4.69, 9.17) is 10.6 Å². The minimum absolute atomic E-state index is 0.0536. The topological polar surface area (TPSA) is 66.1 Å². The van der Waals surface area contributed by atoms with Crippen molar-refractivity contribution in [1.82, 2.24) is 5.43 Å². The van der Waals surface area contributed by atoms with Gasteiger partial charge < -0.3 is 14.5 Å². The molecule has 0 spiro atoms. The maximum atomic E-state index is 5.66. The van der Waals surface area contributed by atoms with Crippen molar-refractivity contribution in [1.29, 1.82) is 0 Å². The summed E-state index contributed by atoms with van der Waals surface area (Å²) in [6.07, 6.45) is 0. The van der Waals surface area contributed by atoms with Gasteiger partial charge in [0.2, 0.25) is 5.96 Å². The number of rotatable bonds is 3. The van der Waals surface area contributed by atoms with Gasteiger partial charge in [-0.25, -0.2) is 10.8 Å². The molecule has 0 bridgehead atoms. The van der Waals surface area contributed by atoms with Crippen molar-refractivity contribution in [2.75, 3.05) is 43.7 Å². The first-order chi connectivity index (χ1) is 9.67. The van der Waals surface area contributed by atoms with E-state index in [9.17, 15) is 0 Å². The summed E-state index contributed by atoms with van der Waals surface area (Å²) in [4.78, 5) is 8.94. The Kier molecular flexibility index (Phi) is 4.81. The van der Waals surface area contributed by atoms with Crippen LogP contribution in [-0.4, -0.2) is 45.9 Å². The van der Waals surface area contributed by atoms with E-state index < -0.39 is 0 Å². The fourth-order valence-corrected chi connectivity index (χ4v) is 2.40. The molecule has 3 N–H and O–H groups in total. The first-order valence-electron chi connectivity index (χ1n) is 6.78. The molecule has 0 saturated heterocycles. The first-order valence-corrected chi connectivity index (χ1v) is 6.78. The maximum absolute atomic E-state index is 5.66. The van der Waals surface area contributed by atoms with Crippen molar-refractivity contribution in [3.05, 3.63) is 24.3 Å². The zero-order valence-electron chi connectivity index (χ0n) is 12.3. The highest BCUT2D eigenvalue weighted by molar-refractivity contribution is 5.99. The van der Waals surface area contributed by atoms with E-state index in [-0.39, 0.29) is 6.04 Å². The molecule has 1 aliphatic rings. The molecule has 6 heteroatoms. The molecule has 2 rings (SSSR count). The van der Waals surface area contributed by atoms with Crippen LogP contribution in [-0.2, 0) is 4.74 Å². The lowest BCUT2D eigenvalue weighted by Gasteiger charge is -2.37. The number of hydrogen-bond donors (Lipinski definition) is 2. The highest BCUT2D eigenvalue weighted by Crippen LogP contribution is 2.31. The molecule has 1 aromatic carbocycles. The van der Waals surface area contributed by atoms with Crippen molar-refractivity contribution in [2.24, 2.45) is 10.8 Å². The third-order valence-corrected chi connectivity index (χ3v) is 3.38. The number of fused-ring (bicyclic) bond motifs is 1. The SMILES string of the molecule is COCC(C)N=C(NN)N1CCN(C)c2ccccc21. The molecule has 1 atom stereocenters. The van der Waals surface area contributed by atoms with Crippen LogP contribution in [0.4, 0.5) is 11.4 Å². The van der Waals surface area contributed by atoms with Crippen molar-refractivity contribution in [3.63, 3.8) is 0 Å². The predicted octanol–water partition coefficient (Wildman–Crippen LogP) is 0.797. The van der Waals surface area contributed by atoms with Gasteiger partial charge in [0.05, 0.1) is 24.0 Å². The second kappa shape index (κ2) is 6.58. The lowest BCUT2D eigenvalue weighted by Crippen LogP contribution is -2.50. The zero-order valence-corrected chi connectivity index (χ0v) is 12.3. The number of nitrogens with one attached hydrogen (secondary N) is 1. The number of benzene rings is 1. The Bertz CT molecular complexity index is 476. The Morgan fingerprint density at radius 3 is 2.75 bits per heavy atom. The molecule has 0 saturated carbocycles. The molecular formula is C14H23N5O. The van der Waals surface area contributed by atoms with E-state index >= 15 is 0 Å². The molecule has 1 aliphatic heterocycles. The van der Waals surface area contributed by atoms with Crippen LogP contribution in [0, 0.1) is 0 Å². The molecule has 20 heavy (non-hydrogen) atoms. The lowest BCUT2D eigenvalue weighted by molar-refractivity contribution is 0.185. The van der Waals surface area contributed by atoms with E-state index in [1.807, 2.05) is 19.1 Å². The van der Waals surface area contributed by atoms with Gasteiger partial charge in [0.15, 0.2) is 0 Å². The summed E-state index contributed by atoms with van der Waals surface area (Å²) in [5.41, 5.74) is 5.01. The standard InChI is InChI=1S/C14H23N5O/c1-11(10-20-3)16-14(17-15)19-9-8-18(2)12-6-4-5-7-13(12)19/h4-7,11H,8-10,15H2,1-3H3,(H,16,17). The van der Waals surface area contributed by atoms with Crippen molar-refractivity contribution >= 4 is 17.3 Å². The number of ether oxygens (including phenoxy) is 1. The third kappa shape index (κ3) is 3.02. The van der Waals surface area contributed by atoms with Crippen LogP contribution in [0.3, 0.4) is 0 Å². The molecule has 0 amide bonds. The molecule has 1 unspecified atom stereocenters. The molecule has 1 aromatic rings. The summed E-state index contributed by atoms with van der Waals surface area (Å²) in [5, 5.41) is 0. The average molecular weight is 277 g/mol. The van der Waals surface area contributed by atoms with Crippen LogP contribution in [0.1, 0.15) is 6.92 Å². The predicted molar refractivity (Wildman–Crippen MR) is 83.2 cm³/mol. The Morgan fingerprint density at radius 1 is 1.40 bits per heavy atom. The second-order valence-electron chi connectivity index (χ2n) is 4.96. The van der Waals surface area contributed by atoms with Gasteiger partial charge in [-0.2, -0.15) is 0 Å². The molecule has 0 aliphatic carbocycles. The highest BCUT2D eigenvalue weighted by Gasteiger charge is 2.23. The number of methoxy groups -OCH3 is 1. The summed E-state index contributed by atoms with van der Waals surface area (Å²) < 4.78 is 5.12. The molecule has 0 radical (unpaired) electrons. The summed E-state index contributed by atoms with van der Waals surface area (Å²) in [7, 11) is 3.77. The van der Waals surface area contributed by atoms with E-state index in [1.54, 1.807) is 7.11 Å². The van der Waals surface area contributed by atoms with Gasteiger partial charge in [-0.3, -0.25) is 5.43 Å². The number of hydrazine groups is 1.